The van der Waals surface area contributed by atoms with Crippen molar-refractivity contribution in [3.05, 3.63) is 108 Å². The van der Waals surface area contributed by atoms with Crippen molar-refractivity contribution in [1.29, 1.82) is 0 Å². The van der Waals surface area contributed by atoms with Gasteiger partial charge in [0.2, 0.25) is 5.91 Å². The molecule has 0 aliphatic carbocycles. The second kappa shape index (κ2) is 10.6. The van der Waals surface area contributed by atoms with Gasteiger partial charge in [-0.15, -0.1) is 0 Å². The van der Waals surface area contributed by atoms with Crippen LogP contribution in [0.3, 0.4) is 0 Å². The van der Waals surface area contributed by atoms with Crippen LogP contribution in [0.15, 0.2) is 91.0 Å². The summed E-state index contributed by atoms with van der Waals surface area (Å²) in [6, 6.07) is 31.0. The number of carbonyl (C=O) groups is 1. The van der Waals surface area contributed by atoms with Crippen LogP contribution in [-0.2, 0) is 14.9 Å². The molecule has 1 aliphatic heterocycles. The van der Waals surface area contributed by atoms with Gasteiger partial charge in [-0.05, 0) is 42.6 Å². The van der Waals surface area contributed by atoms with Gasteiger partial charge in [-0.1, -0.05) is 91.0 Å². The Morgan fingerprint density at radius 1 is 0.875 bits per heavy atom. The summed E-state index contributed by atoms with van der Waals surface area (Å²) in [6.45, 7) is 3.27. The zero-order valence-electron chi connectivity index (χ0n) is 18.7. The molecule has 4 rings (SSSR count). The number of rotatable bonds is 8. The first-order chi connectivity index (χ1) is 15.7. The van der Waals surface area contributed by atoms with Gasteiger partial charge in [0.25, 0.3) is 0 Å². The Kier molecular flexibility index (Phi) is 7.35. The van der Waals surface area contributed by atoms with Crippen molar-refractivity contribution in [2.45, 2.75) is 24.4 Å². The first kappa shape index (κ1) is 22.3. The Morgan fingerprint density at radius 3 is 1.88 bits per heavy atom. The van der Waals surface area contributed by atoms with Crippen LogP contribution in [0.1, 0.15) is 35.6 Å². The van der Waals surface area contributed by atoms with E-state index >= 15 is 0 Å². The zero-order chi connectivity index (χ0) is 22.2. The first-order valence-electron chi connectivity index (χ1n) is 11.4. The van der Waals surface area contributed by atoms with Gasteiger partial charge in [0.15, 0.2) is 0 Å². The molecule has 166 valence electrons. The summed E-state index contributed by atoms with van der Waals surface area (Å²) < 4.78 is 6.40. The van der Waals surface area contributed by atoms with Crippen LogP contribution < -0.4 is 5.32 Å². The summed E-state index contributed by atoms with van der Waals surface area (Å²) in [5.41, 5.74) is 3.01. The van der Waals surface area contributed by atoms with Gasteiger partial charge in [-0.25, -0.2) is 0 Å². The quantitative estimate of drug-likeness (QED) is 0.571. The number of likely N-dealkylation sites (N-methyl/N-ethyl adjacent to an activating group) is 1. The Morgan fingerprint density at radius 2 is 1.38 bits per heavy atom. The lowest BCUT2D eigenvalue weighted by molar-refractivity contribution is -0.128. The molecule has 0 atom stereocenters. The van der Waals surface area contributed by atoms with Crippen molar-refractivity contribution in [1.82, 2.24) is 10.2 Å². The van der Waals surface area contributed by atoms with E-state index in [-0.39, 0.29) is 12.0 Å². The van der Waals surface area contributed by atoms with Crippen molar-refractivity contribution in [2.75, 3.05) is 33.3 Å². The second-order valence-corrected chi connectivity index (χ2v) is 8.44. The molecule has 0 spiro atoms. The van der Waals surface area contributed by atoms with E-state index in [4.69, 9.17) is 4.74 Å². The Hall–Kier alpha value is -2.95. The minimum absolute atomic E-state index is 0.0727. The molecule has 0 unspecified atom stereocenters. The third-order valence-electron chi connectivity index (χ3n) is 6.59. The van der Waals surface area contributed by atoms with Gasteiger partial charge in [0.05, 0.1) is 12.0 Å². The maximum absolute atomic E-state index is 12.9. The largest absolute Gasteiger partial charge is 0.367 e. The molecule has 1 aliphatic rings. The highest BCUT2D eigenvalue weighted by molar-refractivity contribution is 5.88. The molecular weight excluding hydrogens is 396 g/mol. The maximum atomic E-state index is 12.9. The molecule has 0 aromatic heterocycles. The molecule has 0 radical (unpaired) electrons. The number of benzene rings is 3. The molecule has 0 bridgehead atoms. The summed E-state index contributed by atoms with van der Waals surface area (Å²) in [7, 11) is 1.74. The highest BCUT2D eigenvalue weighted by atomic mass is 16.5. The molecule has 0 saturated carbocycles. The standard InChI is InChI=1S/C28H32N2O2/c1-29-27(31)28(25-15-9-4-10-16-25)17-19-30(20-18-28)21-22-32-26(23-11-5-2-6-12-23)24-13-7-3-8-14-24/h2-16,26H,17-22H2,1H3,(H,29,31). The molecule has 3 aromatic carbocycles. The van der Waals surface area contributed by atoms with Gasteiger partial charge in [0, 0.05) is 13.6 Å². The van der Waals surface area contributed by atoms with Crippen molar-refractivity contribution < 1.29 is 9.53 Å². The molecule has 32 heavy (non-hydrogen) atoms. The van der Waals surface area contributed by atoms with E-state index in [1.165, 1.54) is 11.1 Å². The normalized spacial score (nSPS) is 16.1. The summed E-state index contributed by atoms with van der Waals surface area (Å²) in [5.74, 6) is 0.118. The summed E-state index contributed by atoms with van der Waals surface area (Å²) >= 11 is 0. The van der Waals surface area contributed by atoms with Crippen molar-refractivity contribution in [2.24, 2.45) is 0 Å². The maximum Gasteiger partial charge on any atom is 0.230 e. The van der Waals surface area contributed by atoms with Gasteiger partial charge >= 0.3 is 0 Å². The molecule has 4 heteroatoms. The van der Waals surface area contributed by atoms with Crippen LogP contribution in [0.2, 0.25) is 0 Å². The Balaban J connectivity index is 1.38. The SMILES string of the molecule is CNC(=O)C1(c2ccccc2)CCN(CCOC(c2ccccc2)c2ccccc2)CC1. The topological polar surface area (TPSA) is 41.6 Å². The molecule has 4 nitrogen and oxygen atoms in total. The van der Waals surface area contributed by atoms with Crippen LogP contribution in [0, 0.1) is 0 Å². The van der Waals surface area contributed by atoms with Gasteiger partial charge in [0.1, 0.15) is 6.10 Å². The summed E-state index contributed by atoms with van der Waals surface area (Å²) in [6.07, 6.45) is 1.56. The van der Waals surface area contributed by atoms with E-state index in [2.05, 4.69) is 70.9 Å². The smallest absolute Gasteiger partial charge is 0.230 e. The van der Waals surface area contributed by atoms with E-state index in [0.29, 0.717) is 6.61 Å². The van der Waals surface area contributed by atoms with Crippen LogP contribution in [0.4, 0.5) is 0 Å². The monoisotopic (exact) mass is 428 g/mol. The zero-order valence-corrected chi connectivity index (χ0v) is 18.7. The minimum Gasteiger partial charge on any atom is -0.367 e. The van der Waals surface area contributed by atoms with E-state index in [0.717, 1.165) is 38.0 Å². The predicted octanol–water partition coefficient (Wildman–Crippen LogP) is 4.57. The van der Waals surface area contributed by atoms with Crippen molar-refractivity contribution in [3.63, 3.8) is 0 Å². The number of hydrogen-bond donors (Lipinski definition) is 1. The van der Waals surface area contributed by atoms with Gasteiger partial charge in [-0.3, -0.25) is 4.79 Å². The molecule has 1 fully saturated rings. The molecule has 1 saturated heterocycles. The number of carbonyl (C=O) groups excluding carboxylic acids is 1. The highest BCUT2D eigenvalue weighted by Crippen LogP contribution is 2.36. The first-order valence-corrected chi connectivity index (χ1v) is 11.4. The molecule has 1 amide bonds. The fourth-order valence-corrected chi connectivity index (χ4v) is 4.74. The highest BCUT2D eigenvalue weighted by Gasteiger charge is 2.42. The minimum atomic E-state index is -0.440. The van der Waals surface area contributed by atoms with Crippen LogP contribution >= 0.6 is 0 Å². The third-order valence-corrected chi connectivity index (χ3v) is 6.59. The van der Waals surface area contributed by atoms with E-state index < -0.39 is 5.41 Å². The fraction of sp³-hybridized carbons (Fsp3) is 0.321. The number of nitrogens with one attached hydrogen (secondary N) is 1. The van der Waals surface area contributed by atoms with Crippen LogP contribution in [0.25, 0.3) is 0 Å². The molecular formula is C28H32N2O2. The van der Waals surface area contributed by atoms with Crippen LogP contribution in [-0.4, -0.2) is 44.1 Å². The van der Waals surface area contributed by atoms with Gasteiger partial charge < -0.3 is 15.0 Å². The van der Waals surface area contributed by atoms with Crippen molar-refractivity contribution in [3.8, 4) is 0 Å². The van der Waals surface area contributed by atoms with E-state index in [9.17, 15) is 4.79 Å². The summed E-state index contributed by atoms with van der Waals surface area (Å²) in [5, 5.41) is 2.90. The van der Waals surface area contributed by atoms with Crippen molar-refractivity contribution >= 4 is 5.91 Å². The van der Waals surface area contributed by atoms with E-state index in [1.54, 1.807) is 7.05 Å². The number of ether oxygens (including phenoxy) is 1. The lowest BCUT2D eigenvalue weighted by atomic mass is 9.72. The predicted molar refractivity (Wildman–Crippen MR) is 129 cm³/mol. The van der Waals surface area contributed by atoms with Crippen LogP contribution in [0.5, 0.6) is 0 Å². The lowest BCUT2D eigenvalue weighted by Crippen LogP contribution is -2.51. The average Bonchev–Trinajstić information content (AvgIpc) is 2.88. The number of nitrogens with zero attached hydrogens (tertiary/aromatic N) is 1. The number of amides is 1. The summed E-state index contributed by atoms with van der Waals surface area (Å²) in [4.78, 5) is 15.3. The average molecular weight is 429 g/mol. The number of likely N-dealkylation sites (tertiary alicyclic amines) is 1. The van der Waals surface area contributed by atoms with E-state index in [1.807, 2.05) is 30.3 Å². The Bertz CT molecular complexity index is 929. The van der Waals surface area contributed by atoms with Gasteiger partial charge in [-0.2, -0.15) is 0 Å². The fourth-order valence-electron chi connectivity index (χ4n) is 4.74. The number of hydrogen-bond acceptors (Lipinski definition) is 3. The second-order valence-electron chi connectivity index (χ2n) is 8.44. The molecule has 1 heterocycles. The number of piperidine rings is 1. The molecule has 3 aromatic rings. The lowest BCUT2D eigenvalue weighted by Gasteiger charge is -2.41. The molecule has 1 N–H and O–H groups in total. The third kappa shape index (κ3) is 4.93. The Labute approximate surface area is 191 Å².